The van der Waals surface area contributed by atoms with Crippen LogP contribution in [0.15, 0.2) is 72.8 Å². The Morgan fingerprint density at radius 1 is 1.04 bits per heavy atom. The third kappa shape index (κ3) is 4.73. The molecule has 3 aromatic rings. The fraction of sp³-hybridized carbons (Fsp3) is 0.217. The van der Waals surface area contributed by atoms with Gasteiger partial charge in [0.15, 0.2) is 0 Å². The highest BCUT2D eigenvalue weighted by Gasteiger charge is 2.16. The smallest absolute Gasteiger partial charge is 0.246 e. The van der Waals surface area contributed by atoms with Crippen LogP contribution in [0, 0.1) is 6.92 Å². The first-order valence-corrected chi connectivity index (χ1v) is 9.11. The number of hydrogen-bond donors (Lipinski definition) is 1. The van der Waals surface area contributed by atoms with Crippen LogP contribution < -0.4 is 5.32 Å². The molecule has 0 unspecified atom stereocenters. The number of hydrogen-bond acceptors (Lipinski definition) is 2. The molecule has 138 valence electrons. The van der Waals surface area contributed by atoms with Crippen LogP contribution in [-0.4, -0.2) is 15.5 Å². The molecule has 0 aliphatic rings. The Morgan fingerprint density at radius 3 is 2.22 bits per heavy atom. The number of rotatable bonds is 7. The van der Waals surface area contributed by atoms with Gasteiger partial charge in [0.2, 0.25) is 5.91 Å². The molecule has 4 heteroatoms. The fourth-order valence-electron chi connectivity index (χ4n) is 3.08. The molecule has 1 amide bonds. The highest BCUT2D eigenvalue weighted by molar-refractivity contribution is 5.91. The van der Waals surface area contributed by atoms with E-state index in [-0.39, 0.29) is 5.91 Å². The number of aromatic nitrogens is 2. The monoisotopic (exact) mass is 359 g/mol. The van der Waals surface area contributed by atoms with Gasteiger partial charge in [-0.05, 0) is 25.0 Å². The minimum atomic E-state index is -0.147. The molecule has 0 spiro atoms. The lowest BCUT2D eigenvalue weighted by molar-refractivity contribution is -0.117. The summed E-state index contributed by atoms with van der Waals surface area (Å²) in [6, 6.07) is 20.7. The van der Waals surface area contributed by atoms with Crippen LogP contribution in [0.25, 0.3) is 0 Å². The molecule has 0 atom stereocenters. The SMILES string of the molecule is C=C(C)C(=O)NCc1nc(C)c(Cc2ccccc2)n1Cc1ccccc1. The van der Waals surface area contributed by atoms with Gasteiger partial charge >= 0.3 is 0 Å². The summed E-state index contributed by atoms with van der Waals surface area (Å²) in [6.07, 6.45) is 0.806. The molecule has 4 nitrogen and oxygen atoms in total. The summed E-state index contributed by atoms with van der Waals surface area (Å²) in [5, 5.41) is 2.91. The van der Waals surface area contributed by atoms with E-state index in [1.165, 1.54) is 16.8 Å². The minimum Gasteiger partial charge on any atom is -0.345 e. The third-order valence-corrected chi connectivity index (χ3v) is 4.54. The molecule has 0 bridgehead atoms. The predicted octanol–water partition coefficient (Wildman–Crippen LogP) is 4.02. The van der Waals surface area contributed by atoms with E-state index >= 15 is 0 Å². The summed E-state index contributed by atoms with van der Waals surface area (Å²) in [4.78, 5) is 16.7. The van der Waals surface area contributed by atoms with Crippen molar-refractivity contribution in [3.63, 3.8) is 0 Å². The standard InChI is InChI=1S/C23H25N3O/c1-17(2)23(27)24-15-22-25-18(3)21(14-19-10-6-4-7-11-19)26(22)16-20-12-8-5-9-13-20/h4-13H,1,14-16H2,2-3H3,(H,24,27). The van der Waals surface area contributed by atoms with E-state index in [0.29, 0.717) is 12.1 Å². The zero-order valence-corrected chi connectivity index (χ0v) is 15.9. The van der Waals surface area contributed by atoms with Crippen LogP contribution in [0.4, 0.5) is 0 Å². The maximum absolute atomic E-state index is 11.9. The van der Waals surface area contributed by atoms with Gasteiger partial charge in [-0.2, -0.15) is 0 Å². The number of amides is 1. The molecular formula is C23H25N3O. The van der Waals surface area contributed by atoms with Crippen LogP contribution in [0.3, 0.4) is 0 Å². The predicted molar refractivity (Wildman–Crippen MR) is 108 cm³/mol. The van der Waals surface area contributed by atoms with Gasteiger partial charge in [-0.1, -0.05) is 67.2 Å². The molecule has 1 heterocycles. The van der Waals surface area contributed by atoms with Crippen LogP contribution >= 0.6 is 0 Å². The Hall–Kier alpha value is -3.14. The van der Waals surface area contributed by atoms with Crippen molar-refractivity contribution in [2.45, 2.75) is 33.4 Å². The quantitative estimate of drug-likeness (QED) is 0.648. The summed E-state index contributed by atoms with van der Waals surface area (Å²) in [5.74, 6) is 0.711. The number of imidazole rings is 1. The Bertz CT molecular complexity index is 927. The maximum atomic E-state index is 11.9. The van der Waals surface area contributed by atoms with Crippen molar-refractivity contribution in [2.75, 3.05) is 0 Å². The van der Waals surface area contributed by atoms with Gasteiger partial charge in [0, 0.05) is 24.2 Å². The zero-order valence-electron chi connectivity index (χ0n) is 15.9. The van der Waals surface area contributed by atoms with Gasteiger partial charge < -0.3 is 9.88 Å². The Balaban J connectivity index is 1.93. The van der Waals surface area contributed by atoms with Crippen molar-refractivity contribution in [3.8, 4) is 0 Å². The van der Waals surface area contributed by atoms with E-state index in [0.717, 1.165) is 24.5 Å². The molecule has 0 radical (unpaired) electrons. The van der Waals surface area contributed by atoms with Crippen LogP contribution in [0.1, 0.15) is 35.3 Å². The minimum absolute atomic E-state index is 0.147. The van der Waals surface area contributed by atoms with E-state index in [2.05, 4.69) is 52.9 Å². The molecule has 27 heavy (non-hydrogen) atoms. The first-order chi connectivity index (χ1) is 13.0. The van der Waals surface area contributed by atoms with E-state index in [1.807, 2.05) is 31.2 Å². The average Bonchev–Trinajstić information content (AvgIpc) is 2.96. The molecule has 0 saturated carbocycles. The zero-order chi connectivity index (χ0) is 19.2. The van der Waals surface area contributed by atoms with E-state index in [4.69, 9.17) is 4.98 Å². The van der Waals surface area contributed by atoms with Crippen molar-refractivity contribution >= 4 is 5.91 Å². The summed E-state index contributed by atoms with van der Waals surface area (Å²) >= 11 is 0. The second-order valence-corrected chi connectivity index (χ2v) is 6.76. The van der Waals surface area contributed by atoms with Crippen molar-refractivity contribution < 1.29 is 4.79 Å². The molecule has 0 aliphatic carbocycles. The summed E-state index contributed by atoms with van der Waals surface area (Å²) in [5.41, 5.74) is 5.11. The lowest BCUT2D eigenvalue weighted by Crippen LogP contribution is -2.25. The first-order valence-electron chi connectivity index (χ1n) is 9.11. The Labute approximate surface area is 160 Å². The second kappa shape index (κ2) is 8.49. The van der Waals surface area contributed by atoms with Gasteiger partial charge in [-0.25, -0.2) is 4.98 Å². The molecule has 3 rings (SSSR count). The molecule has 0 saturated heterocycles. The highest BCUT2D eigenvalue weighted by atomic mass is 16.1. The van der Waals surface area contributed by atoms with Crippen LogP contribution in [0.2, 0.25) is 0 Å². The number of benzene rings is 2. The molecule has 1 aromatic heterocycles. The first kappa shape index (κ1) is 18.6. The largest absolute Gasteiger partial charge is 0.345 e. The maximum Gasteiger partial charge on any atom is 0.246 e. The van der Waals surface area contributed by atoms with Crippen LogP contribution in [-0.2, 0) is 24.3 Å². The lowest BCUT2D eigenvalue weighted by atomic mass is 10.1. The number of carbonyl (C=O) groups is 1. The van der Waals surface area contributed by atoms with E-state index in [9.17, 15) is 4.79 Å². The number of nitrogens with one attached hydrogen (secondary N) is 1. The van der Waals surface area contributed by atoms with Crippen LogP contribution in [0.5, 0.6) is 0 Å². The normalized spacial score (nSPS) is 10.6. The average molecular weight is 359 g/mol. The van der Waals surface area contributed by atoms with Crippen molar-refractivity contribution in [1.82, 2.24) is 14.9 Å². The van der Waals surface area contributed by atoms with Gasteiger partial charge in [0.1, 0.15) is 5.82 Å². The number of carbonyl (C=O) groups excluding carboxylic acids is 1. The van der Waals surface area contributed by atoms with Crippen molar-refractivity contribution in [3.05, 3.63) is 101 Å². The summed E-state index contributed by atoms with van der Waals surface area (Å²) in [6.45, 7) is 8.54. The molecule has 0 aliphatic heterocycles. The molecular weight excluding hydrogens is 334 g/mol. The third-order valence-electron chi connectivity index (χ3n) is 4.54. The van der Waals surface area contributed by atoms with Crippen molar-refractivity contribution in [2.24, 2.45) is 0 Å². The summed E-state index contributed by atoms with van der Waals surface area (Å²) < 4.78 is 2.22. The summed E-state index contributed by atoms with van der Waals surface area (Å²) in [7, 11) is 0. The number of aryl methyl sites for hydroxylation is 1. The van der Waals surface area contributed by atoms with Gasteiger partial charge in [-0.3, -0.25) is 4.79 Å². The fourth-order valence-corrected chi connectivity index (χ4v) is 3.08. The Kier molecular flexibility index (Phi) is 5.87. The molecule has 0 fully saturated rings. The van der Waals surface area contributed by atoms with E-state index in [1.54, 1.807) is 6.92 Å². The van der Waals surface area contributed by atoms with E-state index < -0.39 is 0 Å². The van der Waals surface area contributed by atoms with Gasteiger partial charge in [-0.15, -0.1) is 0 Å². The molecule has 1 N–H and O–H groups in total. The lowest BCUT2D eigenvalue weighted by Gasteiger charge is -2.14. The Morgan fingerprint density at radius 2 is 1.63 bits per heavy atom. The van der Waals surface area contributed by atoms with Gasteiger partial charge in [0.25, 0.3) is 0 Å². The second-order valence-electron chi connectivity index (χ2n) is 6.76. The van der Waals surface area contributed by atoms with Crippen molar-refractivity contribution in [1.29, 1.82) is 0 Å². The number of nitrogens with zero attached hydrogens (tertiary/aromatic N) is 2. The molecule has 2 aromatic carbocycles. The van der Waals surface area contributed by atoms with Gasteiger partial charge in [0.05, 0.1) is 12.2 Å². The highest BCUT2D eigenvalue weighted by Crippen LogP contribution is 2.18. The topological polar surface area (TPSA) is 46.9 Å².